The van der Waals surface area contributed by atoms with E-state index in [1.807, 2.05) is 0 Å². The number of alkyl halides is 2. The van der Waals surface area contributed by atoms with E-state index < -0.39 is 6.61 Å². The Hall–Kier alpha value is -0.740. The summed E-state index contributed by atoms with van der Waals surface area (Å²) < 4.78 is 27.4. The van der Waals surface area contributed by atoms with Crippen molar-refractivity contribution in [1.82, 2.24) is 0 Å². The number of ether oxygens (including phenoxy) is 1. The van der Waals surface area contributed by atoms with Crippen LogP contribution in [0, 0.1) is 0 Å². The summed E-state index contributed by atoms with van der Waals surface area (Å²) in [6.07, 6.45) is 0. The van der Waals surface area contributed by atoms with Crippen molar-refractivity contribution in [2.24, 2.45) is 0 Å². The minimum atomic E-state index is -2.95. The molecule has 0 amide bonds. The zero-order valence-electron chi connectivity index (χ0n) is 6.10. The molecule has 0 spiro atoms. The second kappa shape index (κ2) is 3.98. The molecule has 13 heavy (non-hydrogen) atoms. The van der Waals surface area contributed by atoms with E-state index in [1.165, 1.54) is 0 Å². The summed E-state index contributed by atoms with van der Waals surface area (Å²) >= 11 is 10.9. The van der Waals surface area contributed by atoms with Gasteiger partial charge < -0.3 is 9.84 Å². The first-order chi connectivity index (χ1) is 6.00. The number of hydrogen-bond acceptors (Lipinski definition) is 2. The lowest BCUT2D eigenvalue weighted by atomic mass is 10.3. The summed E-state index contributed by atoms with van der Waals surface area (Å²) in [4.78, 5) is 0. The minimum Gasteiger partial charge on any atom is -0.505 e. The fourth-order valence-electron chi connectivity index (χ4n) is 0.713. The summed E-state index contributed by atoms with van der Waals surface area (Å²) in [7, 11) is 0. The first-order valence-corrected chi connectivity index (χ1v) is 3.89. The Morgan fingerprint density at radius 1 is 1.23 bits per heavy atom. The molecular formula is C7H4Cl2F2O2. The lowest BCUT2D eigenvalue weighted by Gasteiger charge is -2.06. The summed E-state index contributed by atoms with van der Waals surface area (Å²) in [5, 5.41) is 8.79. The van der Waals surface area contributed by atoms with Crippen LogP contribution in [0.15, 0.2) is 12.1 Å². The van der Waals surface area contributed by atoms with Gasteiger partial charge in [-0.3, -0.25) is 0 Å². The molecule has 0 bridgehead atoms. The van der Waals surface area contributed by atoms with Gasteiger partial charge >= 0.3 is 6.61 Å². The Balaban J connectivity index is 2.99. The van der Waals surface area contributed by atoms with E-state index >= 15 is 0 Å². The predicted octanol–water partition coefficient (Wildman–Crippen LogP) is 3.30. The van der Waals surface area contributed by atoms with Crippen molar-refractivity contribution in [3.8, 4) is 11.5 Å². The first kappa shape index (κ1) is 10.3. The maximum atomic E-state index is 11.7. The normalized spacial score (nSPS) is 10.5. The van der Waals surface area contributed by atoms with Crippen molar-refractivity contribution < 1.29 is 18.6 Å². The van der Waals surface area contributed by atoms with Crippen LogP contribution < -0.4 is 4.74 Å². The molecule has 0 saturated heterocycles. The van der Waals surface area contributed by atoms with Crippen LogP contribution >= 0.6 is 23.2 Å². The monoisotopic (exact) mass is 228 g/mol. The molecule has 2 nitrogen and oxygen atoms in total. The third kappa shape index (κ3) is 2.60. The summed E-state index contributed by atoms with van der Waals surface area (Å²) in [6.45, 7) is -2.95. The summed E-state index contributed by atoms with van der Waals surface area (Å²) in [5.74, 6) is -0.548. The first-order valence-electron chi connectivity index (χ1n) is 3.13. The Bertz CT molecular complexity index is 294. The van der Waals surface area contributed by atoms with E-state index in [0.29, 0.717) is 0 Å². The van der Waals surface area contributed by atoms with Crippen molar-refractivity contribution in [1.29, 1.82) is 0 Å². The maximum Gasteiger partial charge on any atom is 0.387 e. The van der Waals surface area contributed by atoms with Crippen LogP contribution in [0.3, 0.4) is 0 Å². The fraction of sp³-hybridized carbons (Fsp3) is 0.143. The van der Waals surface area contributed by atoms with Crippen LogP contribution in [0.4, 0.5) is 8.78 Å². The molecule has 0 aliphatic heterocycles. The molecule has 6 heteroatoms. The molecule has 0 aliphatic rings. The number of hydrogen-bond donors (Lipinski definition) is 1. The molecule has 1 aromatic rings. The second-order valence-electron chi connectivity index (χ2n) is 2.11. The Labute approximate surface area is 82.6 Å². The number of aromatic hydroxyl groups is 1. The van der Waals surface area contributed by atoms with E-state index in [4.69, 9.17) is 28.3 Å². The molecule has 1 N–H and O–H groups in total. The van der Waals surface area contributed by atoms with E-state index in [0.717, 1.165) is 12.1 Å². The van der Waals surface area contributed by atoms with Crippen molar-refractivity contribution in [2.45, 2.75) is 6.61 Å². The highest BCUT2D eigenvalue weighted by molar-refractivity contribution is 6.37. The lowest BCUT2D eigenvalue weighted by molar-refractivity contribution is -0.0498. The van der Waals surface area contributed by atoms with Crippen LogP contribution in [-0.2, 0) is 0 Å². The van der Waals surface area contributed by atoms with Crippen LogP contribution in [0.5, 0.6) is 11.5 Å². The van der Waals surface area contributed by atoms with Crippen molar-refractivity contribution in [3.63, 3.8) is 0 Å². The quantitative estimate of drug-likeness (QED) is 0.842. The Morgan fingerprint density at radius 3 is 2.08 bits per heavy atom. The van der Waals surface area contributed by atoms with Gasteiger partial charge in [0.05, 0.1) is 10.0 Å². The highest BCUT2D eigenvalue weighted by atomic mass is 35.5. The van der Waals surface area contributed by atoms with Gasteiger partial charge in [-0.05, 0) is 0 Å². The molecular weight excluding hydrogens is 225 g/mol. The highest BCUT2D eigenvalue weighted by Crippen LogP contribution is 2.35. The number of benzene rings is 1. The van der Waals surface area contributed by atoms with Crippen LogP contribution in [-0.4, -0.2) is 11.7 Å². The van der Waals surface area contributed by atoms with E-state index in [2.05, 4.69) is 4.74 Å². The number of phenols is 1. The Morgan fingerprint density at radius 2 is 1.69 bits per heavy atom. The minimum absolute atomic E-state index is 0.136. The van der Waals surface area contributed by atoms with E-state index in [1.54, 1.807) is 0 Å². The molecule has 0 saturated carbocycles. The summed E-state index contributed by atoms with van der Waals surface area (Å²) in [5.41, 5.74) is 0. The number of halogens is 4. The molecule has 0 aromatic heterocycles. The van der Waals surface area contributed by atoms with E-state index in [9.17, 15) is 8.78 Å². The number of phenolic OH excluding ortho intramolecular Hbond substituents is 1. The van der Waals surface area contributed by atoms with Crippen LogP contribution in [0.1, 0.15) is 0 Å². The highest BCUT2D eigenvalue weighted by Gasteiger charge is 2.10. The van der Waals surface area contributed by atoms with Gasteiger partial charge in [0.25, 0.3) is 0 Å². The molecule has 0 fully saturated rings. The van der Waals surface area contributed by atoms with Gasteiger partial charge in [0, 0.05) is 12.1 Å². The SMILES string of the molecule is Oc1c(Cl)cc(OC(F)F)cc1Cl. The molecule has 1 aromatic carbocycles. The van der Waals surface area contributed by atoms with Crippen molar-refractivity contribution in [3.05, 3.63) is 22.2 Å². The van der Waals surface area contributed by atoms with Gasteiger partial charge in [0.2, 0.25) is 0 Å². The van der Waals surface area contributed by atoms with Gasteiger partial charge in [-0.15, -0.1) is 0 Å². The third-order valence-electron chi connectivity index (χ3n) is 1.22. The average molecular weight is 229 g/mol. The van der Waals surface area contributed by atoms with Gasteiger partial charge in [0.1, 0.15) is 5.75 Å². The predicted molar refractivity (Wildman–Crippen MR) is 44.8 cm³/mol. The van der Waals surface area contributed by atoms with E-state index in [-0.39, 0.29) is 21.5 Å². The average Bonchev–Trinajstić information content (AvgIpc) is 1.98. The zero-order chi connectivity index (χ0) is 10.0. The van der Waals surface area contributed by atoms with Gasteiger partial charge in [-0.1, -0.05) is 23.2 Å². The fourth-order valence-corrected chi connectivity index (χ4v) is 1.18. The maximum absolute atomic E-state index is 11.7. The van der Waals surface area contributed by atoms with Crippen molar-refractivity contribution in [2.75, 3.05) is 0 Å². The second-order valence-corrected chi connectivity index (χ2v) is 2.93. The smallest absolute Gasteiger partial charge is 0.387 e. The largest absolute Gasteiger partial charge is 0.505 e. The van der Waals surface area contributed by atoms with Gasteiger partial charge in [-0.25, -0.2) is 0 Å². The third-order valence-corrected chi connectivity index (χ3v) is 1.79. The molecule has 72 valence electrons. The molecule has 0 unspecified atom stereocenters. The van der Waals surface area contributed by atoms with Gasteiger partial charge in [0.15, 0.2) is 5.75 Å². The van der Waals surface area contributed by atoms with Crippen molar-refractivity contribution >= 4 is 23.2 Å². The summed E-state index contributed by atoms with van der Waals surface area (Å²) in [6, 6.07) is 2.10. The standard InChI is InChI=1S/C7H4Cl2F2O2/c8-4-1-3(13-7(10)11)2-5(9)6(4)12/h1-2,7,12H. The molecule has 0 heterocycles. The molecule has 0 aliphatic carbocycles. The lowest BCUT2D eigenvalue weighted by Crippen LogP contribution is -2.01. The number of rotatable bonds is 2. The zero-order valence-corrected chi connectivity index (χ0v) is 7.61. The van der Waals surface area contributed by atoms with Crippen LogP contribution in [0.2, 0.25) is 10.0 Å². The molecule has 0 radical (unpaired) electrons. The molecule has 0 atom stereocenters. The van der Waals surface area contributed by atoms with Crippen LogP contribution in [0.25, 0.3) is 0 Å². The molecule has 1 rings (SSSR count). The van der Waals surface area contributed by atoms with Gasteiger partial charge in [-0.2, -0.15) is 8.78 Å². The Kier molecular flexibility index (Phi) is 3.17. The topological polar surface area (TPSA) is 29.5 Å².